The van der Waals surface area contributed by atoms with Crippen molar-refractivity contribution in [3.8, 4) is 0 Å². The molecule has 0 saturated carbocycles. The van der Waals surface area contributed by atoms with Crippen LogP contribution in [0.3, 0.4) is 0 Å². The summed E-state index contributed by atoms with van der Waals surface area (Å²) >= 11 is 0. The van der Waals surface area contributed by atoms with E-state index in [4.69, 9.17) is 5.21 Å². The number of nitrogens with zero attached hydrogens (tertiary/aromatic N) is 1. The van der Waals surface area contributed by atoms with E-state index in [1.165, 1.54) is 5.48 Å². The van der Waals surface area contributed by atoms with E-state index in [9.17, 15) is 13.2 Å². The van der Waals surface area contributed by atoms with Gasteiger partial charge >= 0.3 is 0 Å². The lowest BCUT2D eigenvalue weighted by atomic mass is 10.2. The molecule has 6 nitrogen and oxygen atoms in total. The number of hydrogen-bond donors (Lipinski definition) is 2. The quantitative estimate of drug-likeness (QED) is 0.556. The van der Waals surface area contributed by atoms with E-state index in [0.717, 1.165) is 16.3 Å². The Morgan fingerprint density at radius 2 is 1.95 bits per heavy atom. The summed E-state index contributed by atoms with van der Waals surface area (Å²) in [5, 5.41) is 8.57. The summed E-state index contributed by atoms with van der Waals surface area (Å²) < 4.78 is 25.5. The van der Waals surface area contributed by atoms with Crippen LogP contribution in [0.4, 0.5) is 0 Å². The molecule has 0 radical (unpaired) electrons. The Labute approximate surface area is 119 Å². The van der Waals surface area contributed by atoms with Crippen LogP contribution in [0.5, 0.6) is 0 Å². The number of amides is 1. The fraction of sp³-hybridized carbons (Fsp3) is 0.462. The second-order valence-electron chi connectivity index (χ2n) is 4.46. The molecular weight excluding hydrogens is 280 g/mol. The number of unbranched alkanes of at least 4 members (excludes halogenated alkanes) is 1. The normalized spacial score (nSPS) is 11.6. The van der Waals surface area contributed by atoms with Gasteiger partial charge in [0.25, 0.3) is 5.91 Å². The van der Waals surface area contributed by atoms with Crippen LogP contribution in [0.25, 0.3) is 0 Å². The Hall–Kier alpha value is -1.44. The molecule has 1 rings (SSSR count). The average Bonchev–Trinajstić information content (AvgIpc) is 2.45. The molecule has 0 aliphatic heterocycles. The van der Waals surface area contributed by atoms with Crippen LogP contribution in [0.15, 0.2) is 30.3 Å². The summed E-state index contributed by atoms with van der Waals surface area (Å²) in [6.07, 6.45) is 1.29. The molecule has 1 aromatic carbocycles. The number of nitrogens with one attached hydrogen (secondary N) is 1. The van der Waals surface area contributed by atoms with Crippen molar-refractivity contribution < 1.29 is 18.4 Å². The van der Waals surface area contributed by atoms with E-state index >= 15 is 0 Å². The largest absolute Gasteiger partial charge is 0.289 e. The van der Waals surface area contributed by atoms with Gasteiger partial charge in [-0.1, -0.05) is 43.7 Å². The van der Waals surface area contributed by atoms with E-state index in [-0.39, 0.29) is 12.3 Å². The van der Waals surface area contributed by atoms with Gasteiger partial charge in [-0.05, 0) is 12.0 Å². The highest BCUT2D eigenvalue weighted by Gasteiger charge is 2.24. The van der Waals surface area contributed by atoms with Crippen LogP contribution in [0.2, 0.25) is 0 Å². The predicted octanol–water partition coefficient (Wildman–Crippen LogP) is 1.12. The van der Waals surface area contributed by atoms with Crippen molar-refractivity contribution in [1.29, 1.82) is 0 Å². The Balaban J connectivity index is 2.87. The molecule has 0 heterocycles. The number of sulfonamides is 1. The first kappa shape index (κ1) is 16.6. The van der Waals surface area contributed by atoms with Gasteiger partial charge in [0, 0.05) is 6.54 Å². The van der Waals surface area contributed by atoms with Crippen LogP contribution in [0.1, 0.15) is 25.3 Å². The number of rotatable bonds is 8. The van der Waals surface area contributed by atoms with Crippen molar-refractivity contribution in [1.82, 2.24) is 9.79 Å². The number of carbonyl (C=O) groups is 1. The fourth-order valence-electron chi connectivity index (χ4n) is 1.69. The van der Waals surface area contributed by atoms with Gasteiger partial charge in [0.2, 0.25) is 10.0 Å². The number of hydrogen-bond acceptors (Lipinski definition) is 4. The first-order chi connectivity index (χ1) is 9.49. The number of carbonyl (C=O) groups excluding carboxylic acids is 1. The van der Waals surface area contributed by atoms with E-state index in [1.54, 1.807) is 24.3 Å². The van der Waals surface area contributed by atoms with Crippen molar-refractivity contribution in [2.45, 2.75) is 26.3 Å². The lowest BCUT2D eigenvalue weighted by Crippen LogP contribution is -2.40. The number of benzene rings is 1. The molecule has 112 valence electrons. The van der Waals surface area contributed by atoms with Crippen LogP contribution >= 0.6 is 0 Å². The maximum atomic E-state index is 12.2. The number of hydroxylamine groups is 1. The molecule has 1 amide bonds. The highest BCUT2D eigenvalue weighted by molar-refractivity contribution is 7.89. The third-order valence-corrected chi connectivity index (χ3v) is 4.65. The molecule has 0 fully saturated rings. The molecule has 7 heteroatoms. The molecule has 1 aromatic rings. The van der Waals surface area contributed by atoms with Gasteiger partial charge in [-0.3, -0.25) is 10.0 Å². The van der Waals surface area contributed by atoms with Crippen LogP contribution < -0.4 is 5.48 Å². The molecule has 20 heavy (non-hydrogen) atoms. The van der Waals surface area contributed by atoms with E-state index in [1.807, 2.05) is 13.0 Å². The minimum absolute atomic E-state index is 0.00492. The van der Waals surface area contributed by atoms with Crippen molar-refractivity contribution in [3.63, 3.8) is 0 Å². The zero-order valence-corrected chi connectivity index (χ0v) is 12.3. The van der Waals surface area contributed by atoms with Crippen molar-refractivity contribution >= 4 is 15.9 Å². The second kappa shape index (κ2) is 7.98. The summed E-state index contributed by atoms with van der Waals surface area (Å²) in [6.45, 7) is 1.62. The standard InChI is InChI=1S/C13H20N2O4S/c1-2-3-9-20(18,19)15(11-13(16)14-17)10-12-7-5-4-6-8-12/h4-8,17H,2-3,9-11H2,1H3,(H,14,16). The van der Waals surface area contributed by atoms with E-state index in [2.05, 4.69) is 0 Å². The highest BCUT2D eigenvalue weighted by atomic mass is 32.2. The third-order valence-electron chi connectivity index (χ3n) is 2.80. The molecule has 0 aliphatic rings. The fourth-order valence-corrected chi connectivity index (χ4v) is 3.26. The van der Waals surface area contributed by atoms with Crippen molar-refractivity contribution in [3.05, 3.63) is 35.9 Å². The topological polar surface area (TPSA) is 86.7 Å². The molecule has 0 atom stereocenters. The van der Waals surface area contributed by atoms with Gasteiger partial charge in [-0.25, -0.2) is 13.9 Å². The SMILES string of the molecule is CCCCS(=O)(=O)N(CC(=O)NO)Cc1ccccc1. The molecule has 0 aliphatic carbocycles. The molecule has 0 aromatic heterocycles. The average molecular weight is 300 g/mol. The highest BCUT2D eigenvalue weighted by Crippen LogP contribution is 2.11. The maximum absolute atomic E-state index is 12.2. The minimum Gasteiger partial charge on any atom is -0.289 e. The van der Waals surface area contributed by atoms with Gasteiger partial charge in [0.05, 0.1) is 12.3 Å². The van der Waals surface area contributed by atoms with Gasteiger partial charge in [-0.15, -0.1) is 0 Å². The third kappa shape index (κ3) is 5.28. The monoisotopic (exact) mass is 300 g/mol. The summed E-state index contributed by atoms with van der Waals surface area (Å²) in [5.74, 6) is -0.754. The molecule has 0 bridgehead atoms. The Kier molecular flexibility index (Phi) is 6.63. The summed E-state index contributed by atoms with van der Waals surface area (Å²) in [5.41, 5.74) is 2.25. The van der Waals surface area contributed by atoms with Crippen LogP contribution in [0, 0.1) is 0 Å². The summed E-state index contributed by atoms with van der Waals surface area (Å²) in [4.78, 5) is 11.3. The molecule has 0 spiro atoms. The Morgan fingerprint density at radius 3 is 2.50 bits per heavy atom. The lowest BCUT2D eigenvalue weighted by molar-refractivity contribution is -0.129. The summed E-state index contributed by atoms with van der Waals surface area (Å²) in [7, 11) is -3.53. The molecule has 2 N–H and O–H groups in total. The lowest BCUT2D eigenvalue weighted by Gasteiger charge is -2.21. The zero-order chi connectivity index (χ0) is 15.0. The predicted molar refractivity (Wildman–Crippen MR) is 75.5 cm³/mol. The van der Waals surface area contributed by atoms with Crippen molar-refractivity contribution in [2.75, 3.05) is 12.3 Å². The maximum Gasteiger partial charge on any atom is 0.258 e. The molecule has 0 saturated heterocycles. The Morgan fingerprint density at radius 1 is 1.30 bits per heavy atom. The van der Waals surface area contributed by atoms with Crippen LogP contribution in [-0.2, 0) is 21.4 Å². The van der Waals surface area contributed by atoms with Gasteiger partial charge in [0.15, 0.2) is 0 Å². The van der Waals surface area contributed by atoms with Crippen molar-refractivity contribution in [2.24, 2.45) is 0 Å². The van der Waals surface area contributed by atoms with E-state index in [0.29, 0.717) is 6.42 Å². The second-order valence-corrected chi connectivity index (χ2v) is 6.55. The Bertz CT molecular complexity index is 516. The smallest absolute Gasteiger partial charge is 0.258 e. The molecular formula is C13H20N2O4S. The first-order valence-corrected chi connectivity index (χ1v) is 8.05. The van der Waals surface area contributed by atoms with E-state index < -0.39 is 22.5 Å². The zero-order valence-electron chi connectivity index (χ0n) is 11.4. The van der Waals surface area contributed by atoms with Gasteiger partial charge in [0.1, 0.15) is 0 Å². The van der Waals surface area contributed by atoms with Gasteiger partial charge < -0.3 is 0 Å². The first-order valence-electron chi connectivity index (χ1n) is 6.44. The van der Waals surface area contributed by atoms with Crippen LogP contribution in [-0.4, -0.2) is 36.1 Å². The summed E-state index contributed by atoms with van der Waals surface area (Å²) in [6, 6.07) is 9.02. The molecule has 0 unspecified atom stereocenters. The minimum atomic E-state index is -3.53. The van der Waals surface area contributed by atoms with Gasteiger partial charge in [-0.2, -0.15) is 4.31 Å².